The van der Waals surface area contributed by atoms with Crippen LogP contribution in [0.15, 0.2) is 24.3 Å². The third-order valence-electron chi connectivity index (χ3n) is 3.61. The smallest absolute Gasteiger partial charge is 0.341 e. The summed E-state index contributed by atoms with van der Waals surface area (Å²) in [5, 5.41) is 0. The number of benzene rings is 1. The van der Waals surface area contributed by atoms with Gasteiger partial charge in [-0.1, -0.05) is 12.1 Å². The van der Waals surface area contributed by atoms with E-state index in [-0.39, 0.29) is 37.6 Å². The molecule has 1 aromatic carbocycles. The highest BCUT2D eigenvalue weighted by molar-refractivity contribution is 5.93. The number of hydrogen-bond acceptors (Lipinski definition) is 10. The second-order valence-corrected chi connectivity index (χ2v) is 6.40. The van der Waals surface area contributed by atoms with Crippen LogP contribution in [0.2, 0.25) is 0 Å². The number of carbonyl (C=O) groups is 5. The van der Waals surface area contributed by atoms with Crippen LogP contribution in [0.4, 0.5) is 0 Å². The highest BCUT2D eigenvalue weighted by Gasteiger charge is 2.18. The van der Waals surface area contributed by atoms with Gasteiger partial charge in [0.05, 0.1) is 6.61 Å². The average molecular weight is 438 g/mol. The lowest BCUT2D eigenvalue weighted by molar-refractivity contribution is -0.165. The highest BCUT2D eigenvalue weighted by Crippen LogP contribution is 2.19. The van der Waals surface area contributed by atoms with Crippen LogP contribution < -0.4 is 4.74 Å². The predicted octanol–water partition coefficient (Wildman–Crippen LogP) is 1.98. The van der Waals surface area contributed by atoms with Crippen molar-refractivity contribution in [3.63, 3.8) is 0 Å². The van der Waals surface area contributed by atoms with Crippen molar-refractivity contribution in [3.05, 3.63) is 29.8 Å². The van der Waals surface area contributed by atoms with Gasteiger partial charge in [-0.2, -0.15) is 0 Å². The molecule has 1 rings (SSSR count). The molecule has 0 aliphatic carbocycles. The monoisotopic (exact) mass is 438 g/mol. The van der Waals surface area contributed by atoms with E-state index in [0.717, 1.165) is 0 Å². The third kappa shape index (κ3) is 11.4. The molecule has 0 aliphatic rings. The van der Waals surface area contributed by atoms with Gasteiger partial charge in [0.1, 0.15) is 24.5 Å². The molecule has 0 fully saturated rings. The van der Waals surface area contributed by atoms with Crippen molar-refractivity contribution in [1.29, 1.82) is 0 Å². The van der Waals surface area contributed by atoms with Crippen molar-refractivity contribution < 1.29 is 47.7 Å². The molecule has 170 valence electrons. The Kier molecular flexibility index (Phi) is 11.3. The Morgan fingerprint density at radius 1 is 0.806 bits per heavy atom. The minimum atomic E-state index is -0.907. The molecule has 0 aliphatic heterocycles. The van der Waals surface area contributed by atoms with Crippen LogP contribution in [-0.4, -0.2) is 55.8 Å². The van der Waals surface area contributed by atoms with Crippen LogP contribution in [0, 0.1) is 0 Å². The van der Waals surface area contributed by atoms with E-state index < -0.39 is 36.0 Å². The Balaban J connectivity index is 2.38. The lowest BCUT2D eigenvalue weighted by Crippen LogP contribution is -2.30. The average Bonchev–Trinajstić information content (AvgIpc) is 2.69. The van der Waals surface area contributed by atoms with Crippen molar-refractivity contribution in [2.75, 3.05) is 19.8 Å². The molecule has 0 saturated heterocycles. The minimum absolute atomic E-state index is 0.0260. The van der Waals surface area contributed by atoms with E-state index >= 15 is 0 Å². The van der Waals surface area contributed by atoms with E-state index in [1.807, 2.05) is 0 Å². The fraction of sp³-hybridized carbons (Fsp3) is 0.476. The first kappa shape index (κ1) is 25.6. The lowest BCUT2D eigenvalue weighted by Gasteiger charge is -2.17. The topological polar surface area (TPSA) is 132 Å². The minimum Gasteiger partial charge on any atom is -0.462 e. The number of hydrogen-bond donors (Lipinski definition) is 0. The fourth-order valence-corrected chi connectivity index (χ4v) is 2.27. The van der Waals surface area contributed by atoms with Crippen LogP contribution in [0.25, 0.3) is 0 Å². The third-order valence-corrected chi connectivity index (χ3v) is 3.61. The van der Waals surface area contributed by atoms with Gasteiger partial charge in [-0.3, -0.25) is 19.2 Å². The normalized spacial score (nSPS) is 10.2. The first-order chi connectivity index (χ1) is 14.7. The first-order valence-corrected chi connectivity index (χ1v) is 9.59. The molecule has 0 heterocycles. The summed E-state index contributed by atoms with van der Waals surface area (Å²) in [5.41, 5.74) is 0.121. The number of unbranched alkanes of at least 4 members (excludes halogenated alkanes) is 1. The largest absolute Gasteiger partial charge is 0.462 e. The van der Waals surface area contributed by atoms with Crippen molar-refractivity contribution in [1.82, 2.24) is 0 Å². The van der Waals surface area contributed by atoms with Crippen LogP contribution in [-0.2, 0) is 38.1 Å². The quantitative estimate of drug-likeness (QED) is 0.206. The van der Waals surface area contributed by atoms with Crippen LogP contribution in [0.1, 0.15) is 50.4 Å². The summed E-state index contributed by atoms with van der Waals surface area (Å²) in [4.78, 5) is 57.0. The van der Waals surface area contributed by atoms with Gasteiger partial charge in [0, 0.05) is 27.2 Å². The SMILES string of the molecule is CC(=O)OCC(COC(C)=O)OC(=O)CCCCOC(=O)c1ccccc1OC(C)=O. The second-order valence-electron chi connectivity index (χ2n) is 6.40. The maximum absolute atomic E-state index is 12.2. The van der Waals surface area contributed by atoms with E-state index in [0.29, 0.717) is 12.8 Å². The number of para-hydroxylation sites is 1. The maximum Gasteiger partial charge on any atom is 0.341 e. The Labute approximate surface area is 179 Å². The standard InChI is InChI=1S/C21H26O10/c1-14(22)28-12-17(13-29-15(2)23)31-20(25)10-6-7-11-27-21(26)18-8-4-5-9-19(18)30-16(3)24/h4-5,8-9,17H,6-7,10-13H2,1-3H3. The van der Waals surface area contributed by atoms with Crippen molar-refractivity contribution in [2.45, 2.75) is 46.1 Å². The summed E-state index contributed by atoms with van der Waals surface area (Å²) in [7, 11) is 0. The van der Waals surface area contributed by atoms with Crippen LogP contribution in [0.3, 0.4) is 0 Å². The van der Waals surface area contributed by atoms with E-state index in [4.69, 9.17) is 23.7 Å². The zero-order chi connectivity index (χ0) is 23.2. The van der Waals surface area contributed by atoms with Crippen molar-refractivity contribution in [3.8, 4) is 5.75 Å². The van der Waals surface area contributed by atoms with Gasteiger partial charge >= 0.3 is 29.8 Å². The molecule has 0 saturated carbocycles. The molecular weight excluding hydrogens is 412 g/mol. The molecule has 10 nitrogen and oxygen atoms in total. The molecule has 0 unspecified atom stereocenters. The first-order valence-electron chi connectivity index (χ1n) is 9.59. The van der Waals surface area contributed by atoms with E-state index in [2.05, 4.69) is 0 Å². The van der Waals surface area contributed by atoms with Gasteiger partial charge in [0.15, 0.2) is 6.10 Å². The van der Waals surface area contributed by atoms with Gasteiger partial charge in [0.2, 0.25) is 0 Å². The summed E-state index contributed by atoms with van der Waals surface area (Å²) >= 11 is 0. The number of ether oxygens (including phenoxy) is 5. The van der Waals surface area contributed by atoms with Crippen LogP contribution >= 0.6 is 0 Å². The highest BCUT2D eigenvalue weighted by atomic mass is 16.6. The molecule has 0 spiro atoms. The predicted molar refractivity (Wildman–Crippen MR) is 105 cm³/mol. The molecule has 0 amide bonds. The molecule has 0 bridgehead atoms. The zero-order valence-electron chi connectivity index (χ0n) is 17.7. The molecule has 1 aromatic rings. The van der Waals surface area contributed by atoms with E-state index in [9.17, 15) is 24.0 Å². The Morgan fingerprint density at radius 3 is 2.00 bits per heavy atom. The van der Waals surface area contributed by atoms with Crippen molar-refractivity contribution in [2.24, 2.45) is 0 Å². The Morgan fingerprint density at radius 2 is 1.42 bits per heavy atom. The second kappa shape index (κ2) is 13.7. The molecule has 0 aromatic heterocycles. The Hall–Kier alpha value is -3.43. The summed E-state index contributed by atoms with van der Waals surface area (Å²) in [6, 6.07) is 6.19. The van der Waals surface area contributed by atoms with Gasteiger partial charge < -0.3 is 23.7 Å². The van der Waals surface area contributed by atoms with Gasteiger partial charge in [-0.15, -0.1) is 0 Å². The molecule has 10 heteroatoms. The molecule has 0 atom stereocenters. The molecular formula is C21H26O10. The van der Waals surface area contributed by atoms with Gasteiger partial charge in [0.25, 0.3) is 0 Å². The van der Waals surface area contributed by atoms with Crippen LogP contribution in [0.5, 0.6) is 5.75 Å². The maximum atomic E-state index is 12.2. The van der Waals surface area contributed by atoms with E-state index in [1.165, 1.54) is 32.9 Å². The summed E-state index contributed by atoms with van der Waals surface area (Å²) in [5.74, 6) is -2.78. The summed E-state index contributed by atoms with van der Waals surface area (Å²) in [6.07, 6.45) is -0.130. The molecule has 0 radical (unpaired) electrons. The fourth-order valence-electron chi connectivity index (χ4n) is 2.27. The van der Waals surface area contributed by atoms with Gasteiger partial charge in [-0.05, 0) is 25.0 Å². The number of carbonyl (C=O) groups excluding carboxylic acids is 5. The summed E-state index contributed by atoms with van der Waals surface area (Å²) < 4.78 is 24.8. The lowest BCUT2D eigenvalue weighted by atomic mass is 10.2. The van der Waals surface area contributed by atoms with Crippen molar-refractivity contribution >= 4 is 29.8 Å². The van der Waals surface area contributed by atoms with E-state index in [1.54, 1.807) is 12.1 Å². The van der Waals surface area contributed by atoms with Gasteiger partial charge in [-0.25, -0.2) is 4.79 Å². The molecule has 31 heavy (non-hydrogen) atoms. The number of rotatable bonds is 12. The number of esters is 5. The zero-order valence-corrected chi connectivity index (χ0v) is 17.7. The molecule has 0 N–H and O–H groups in total. The Bertz CT molecular complexity index is 768. The summed E-state index contributed by atoms with van der Waals surface area (Å²) in [6.45, 7) is 3.23.